The van der Waals surface area contributed by atoms with Crippen LogP contribution in [0.25, 0.3) is 0 Å². The van der Waals surface area contributed by atoms with Crippen LogP contribution in [0, 0.1) is 11.6 Å². The predicted octanol–water partition coefficient (Wildman–Crippen LogP) is 3.16. The topological polar surface area (TPSA) is 79.0 Å². The highest BCUT2D eigenvalue weighted by molar-refractivity contribution is 6.05. The lowest BCUT2D eigenvalue weighted by Crippen LogP contribution is -2.52. The van der Waals surface area contributed by atoms with Crippen LogP contribution in [0.15, 0.2) is 36.4 Å². The van der Waals surface area contributed by atoms with Crippen molar-refractivity contribution >= 4 is 17.7 Å². The Morgan fingerprint density at radius 3 is 2.66 bits per heavy atom. The summed E-state index contributed by atoms with van der Waals surface area (Å²) in [5.74, 6) is -2.01. The summed E-state index contributed by atoms with van der Waals surface area (Å²) in [6.45, 7) is 2.11. The van der Waals surface area contributed by atoms with Gasteiger partial charge < -0.3 is 9.64 Å². The maximum absolute atomic E-state index is 13.6. The Morgan fingerprint density at radius 1 is 1.00 bits per heavy atom. The number of rotatable bonds is 6. The molecular weight excluding hydrogens is 456 g/mol. The normalized spacial score (nSPS) is 22.8. The first-order valence-electron chi connectivity index (χ1n) is 12.0. The zero-order valence-corrected chi connectivity index (χ0v) is 19.3. The minimum Gasteiger partial charge on any atom is -0.492 e. The molecule has 0 saturated carbocycles. The molecule has 1 N–H and O–H groups in total. The van der Waals surface area contributed by atoms with Crippen LogP contribution in [0.4, 0.5) is 8.78 Å². The molecule has 3 amide bonds. The third-order valence-corrected chi connectivity index (χ3v) is 7.06. The summed E-state index contributed by atoms with van der Waals surface area (Å²) in [6, 6.07) is 8.80. The molecule has 9 heteroatoms. The Hall–Kier alpha value is -3.33. The van der Waals surface area contributed by atoms with Crippen LogP contribution in [-0.2, 0) is 22.7 Å². The van der Waals surface area contributed by atoms with E-state index < -0.39 is 23.6 Å². The number of likely N-dealkylation sites (tertiary alicyclic amines) is 1. The lowest BCUT2D eigenvalue weighted by molar-refractivity contribution is -0.136. The second kappa shape index (κ2) is 9.73. The molecule has 3 aliphatic rings. The summed E-state index contributed by atoms with van der Waals surface area (Å²) in [5, 5.41) is 2.31. The third kappa shape index (κ3) is 4.91. The van der Waals surface area contributed by atoms with Gasteiger partial charge in [0.25, 0.3) is 5.91 Å². The highest BCUT2D eigenvalue weighted by Crippen LogP contribution is 2.30. The summed E-state index contributed by atoms with van der Waals surface area (Å²) < 4.78 is 33.0. The van der Waals surface area contributed by atoms with E-state index in [1.807, 2.05) is 6.07 Å². The number of benzene rings is 2. The fraction of sp³-hybridized carbons (Fsp3) is 0.423. The van der Waals surface area contributed by atoms with Crippen molar-refractivity contribution < 1.29 is 27.9 Å². The molecule has 0 bridgehead atoms. The molecule has 7 nitrogen and oxygen atoms in total. The largest absolute Gasteiger partial charge is 0.492 e. The molecule has 2 aromatic rings. The number of imide groups is 1. The monoisotopic (exact) mass is 483 g/mol. The van der Waals surface area contributed by atoms with E-state index in [4.69, 9.17) is 4.74 Å². The summed E-state index contributed by atoms with van der Waals surface area (Å²) >= 11 is 0. The molecule has 0 aromatic heterocycles. The van der Waals surface area contributed by atoms with Gasteiger partial charge in [0.05, 0.1) is 0 Å². The third-order valence-electron chi connectivity index (χ3n) is 7.06. The molecular formula is C26H27F2N3O4. The van der Waals surface area contributed by atoms with Gasteiger partial charge in [-0.15, -0.1) is 0 Å². The second-order valence-electron chi connectivity index (χ2n) is 9.40. The Labute approximate surface area is 202 Å². The molecule has 3 aliphatic heterocycles. The summed E-state index contributed by atoms with van der Waals surface area (Å²) in [4.78, 5) is 40.3. The molecule has 3 heterocycles. The number of ether oxygens (including phenoxy) is 1. The molecule has 0 aliphatic carbocycles. The van der Waals surface area contributed by atoms with Crippen molar-refractivity contribution in [2.75, 3.05) is 13.2 Å². The van der Waals surface area contributed by atoms with Gasteiger partial charge in [-0.25, -0.2) is 8.78 Å². The molecule has 2 aromatic carbocycles. The first-order chi connectivity index (χ1) is 16.9. The van der Waals surface area contributed by atoms with Crippen LogP contribution in [0.5, 0.6) is 5.75 Å². The predicted molar refractivity (Wildman–Crippen MR) is 122 cm³/mol. The molecule has 2 unspecified atom stereocenters. The van der Waals surface area contributed by atoms with Crippen molar-refractivity contribution in [3.8, 4) is 5.75 Å². The summed E-state index contributed by atoms with van der Waals surface area (Å²) in [7, 11) is 0. The van der Waals surface area contributed by atoms with E-state index in [0.29, 0.717) is 37.4 Å². The van der Waals surface area contributed by atoms with Crippen LogP contribution in [0.3, 0.4) is 0 Å². The van der Waals surface area contributed by atoms with E-state index in [0.717, 1.165) is 43.0 Å². The first kappa shape index (κ1) is 23.4. The van der Waals surface area contributed by atoms with Gasteiger partial charge >= 0.3 is 0 Å². The van der Waals surface area contributed by atoms with Gasteiger partial charge in [0, 0.05) is 31.1 Å². The number of hydrogen-bond acceptors (Lipinski definition) is 5. The van der Waals surface area contributed by atoms with Crippen LogP contribution < -0.4 is 10.1 Å². The number of hydrogen-bond donors (Lipinski definition) is 1. The van der Waals surface area contributed by atoms with Gasteiger partial charge in [-0.2, -0.15) is 0 Å². The Bertz CT molecular complexity index is 1170. The van der Waals surface area contributed by atoms with E-state index >= 15 is 0 Å². The van der Waals surface area contributed by atoms with Crippen molar-refractivity contribution in [2.24, 2.45) is 0 Å². The van der Waals surface area contributed by atoms with E-state index in [-0.39, 0.29) is 24.3 Å². The lowest BCUT2D eigenvalue weighted by Gasteiger charge is -2.35. The van der Waals surface area contributed by atoms with Crippen molar-refractivity contribution in [1.82, 2.24) is 15.1 Å². The average molecular weight is 484 g/mol. The molecule has 184 valence electrons. The minimum absolute atomic E-state index is 0.131. The van der Waals surface area contributed by atoms with Crippen LogP contribution >= 0.6 is 0 Å². The zero-order valence-electron chi connectivity index (χ0n) is 19.3. The highest BCUT2D eigenvalue weighted by atomic mass is 19.2. The second-order valence-corrected chi connectivity index (χ2v) is 9.40. The molecule has 35 heavy (non-hydrogen) atoms. The van der Waals surface area contributed by atoms with Gasteiger partial charge in [0.2, 0.25) is 11.8 Å². The number of amides is 3. The van der Waals surface area contributed by atoms with Gasteiger partial charge in [0.1, 0.15) is 18.4 Å². The fourth-order valence-electron chi connectivity index (χ4n) is 5.16. The van der Waals surface area contributed by atoms with Gasteiger partial charge in [0.15, 0.2) is 11.6 Å². The number of carbonyl (C=O) groups is 3. The first-order valence-corrected chi connectivity index (χ1v) is 12.0. The molecule has 2 saturated heterocycles. The molecule has 5 rings (SSSR count). The van der Waals surface area contributed by atoms with E-state index in [2.05, 4.69) is 10.2 Å². The Morgan fingerprint density at radius 2 is 1.86 bits per heavy atom. The number of carbonyl (C=O) groups excluding carboxylic acids is 3. The number of piperidine rings is 2. The standard InChI is InChI=1S/C26H27F2N3O4/c27-21-7-4-16(11-22(21)28)13-30-10-2-1-3-18(30)15-35-19-5-6-20-17(12-19)14-31(26(20)34)23-8-9-24(32)29-25(23)33/h4-7,11-12,18,23H,1-3,8-10,13-15H2,(H,29,32,33). The number of nitrogens with zero attached hydrogens (tertiary/aromatic N) is 2. The van der Waals surface area contributed by atoms with E-state index in [9.17, 15) is 23.2 Å². The Kier molecular flexibility index (Phi) is 6.51. The average Bonchev–Trinajstić information content (AvgIpc) is 3.16. The van der Waals surface area contributed by atoms with Gasteiger partial charge in [-0.1, -0.05) is 12.5 Å². The SMILES string of the molecule is O=C1CCC(N2Cc3cc(OCC4CCCCN4Cc4ccc(F)c(F)c4)ccc3C2=O)C(=O)N1. The quantitative estimate of drug-likeness (QED) is 0.639. The van der Waals surface area contributed by atoms with Crippen LogP contribution in [-0.4, -0.2) is 52.8 Å². The zero-order chi connectivity index (χ0) is 24.5. The van der Waals surface area contributed by atoms with Crippen molar-refractivity contribution in [1.29, 1.82) is 0 Å². The fourth-order valence-corrected chi connectivity index (χ4v) is 5.16. The van der Waals surface area contributed by atoms with Crippen LogP contribution in [0.1, 0.15) is 53.6 Å². The summed E-state index contributed by atoms with van der Waals surface area (Å²) in [6.07, 6.45) is 3.59. The van der Waals surface area contributed by atoms with Crippen molar-refractivity contribution in [2.45, 2.75) is 57.3 Å². The van der Waals surface area contributed by atoms with Crippen molar-refractivity contribution in [3.63, 3.8) is 0 Å². The number of halogens is 2. The van der Waals surface area contributed by atoms with Crippen molar-refractivity contribution in [3.05, 3.63) is 64.7 Å². The Balaban J connectivity index is 1.23. The molecule has 0 spiro atoms. The summed E-state index contributed by atoms with van der Waals surface area (Å²) in [5.41, 5.74) is 2.06. The number of fused-ring (bicyclic) bond motifs is 1. The highest BCUT2D eigenvalue weighted by Gasteiger charge is 2.39. The smallest absolute Gasteiger partial charge is 0.255 e. The van der Waals surface area contributed by atoms with Gasteiger partial charge in [-0.05, 0) is 67.3 Å². The minimum atomic E-state index is -0.849. The number of nitrogens with one attached hydrogen (secondary N) is 1. The van der Waals surface area contributed by atoms with Crippen LogP contribution in [0.2, 0.25) is 0 Å². The van der Waals surface area contributed by atoms with E-state index in [1.165, 1.54) is 11.0 Å². The van der Waals surface area contributed by atoms with E-state index in [1.54, 1.807) is 18.2 Å². The maximum atomic E-state index is 13.6. The molecule has 0 radical (unpaired) electrons. The maximum Gasteiger partial charge on any atom is 0.255 e. The van der Waals surface area contributed by atoms with Gasteiger partial charge in [-0.3, -0.25) is 24.6 Å². The lowest BCUT2D eigenvalue weighted by atomic mass is 10.0. The molecule has 2 fully saturated rings. The molecule has 2 atom stereocenters.